The molecule has 0 unspecified atom stereocenters. The Labute approximate surface area is 202 Å². The number of pyridine rings is 1. The van der Waals surface area contributed by atoms with Crippen LogP contribution >= 0.6 is 24.0 Å². The summed E-state index contributed by atoms with van der Waals surface area (Å²) in [5.74, 6) is 3.57. The van der Waals surface area contributed by atoms with Gasteiger partial charge < -0.3 is 25.0 Å². The Morgan fingerprint density at radius 3 is 2.68 bits per heavy atom. The van der Waals surface area contributed by atoms with Crippen molar-refractivity contribution in [3.63, 3.8) is 0 Å². The van der Waals surface area contributed by atoms with Crippen molar-refractivity contribution >= 4 is 35.8 Å². The lowest BCUT2D eigenvalue weighted by Crippen LogP contribution is -2.49. The molecule has 31 heavy (non-hydrogen) atoms. The molecule has 0 aliphatic carbocycles. The number of anilines is 1. The van der Waals surface area contributed by atoms with Crippen LogP contribution in [0.4, 0.5) is 5.82 Å². The van der Waals surface area contributed by atoms with E-state index >= 15 is 0 Å². The maximum atomic E-state index is 5.79. The zero-order valence-corrected chi connectivity index (χ0v) is 20.7. The standard InChI is InChI=1S/C23H33N5O2.HI/c1-3-24-23(26-14-7-17-30-21-9-6-8-20(18-21)29-2)27-19-11-15-28(16-12-19)22-10-4-5-13-25-22;/h4-6,8-10,13,18-19H,3,7,11-12,14-17H2,1-2H3,(H2,24,26,27);1H. The Balaban J connectivity index is 0.00000341. The number of halogens is 1. The van der Waals surface area contributed by atoms with Gasteiger partial charge in [0, 0.05) is 50.9 Å². The zero-order valence-electron chi connectivity index (χ0n) is 18.4. The van der Waals surface area contributed by atoms with Gasteiger partial charge >= 0.3 is 0 Å². The molecule has 0 atom stereocenters. The molecular weight excluding hydrogens is 505 g/mol. The highest BCUT2D eigenvalue weighted by Gasteiger charge is 2.20. The fourth-order valence-electron chi connectivity index (χ4n) is 3.44. The first kappa shape index (κ1) is 25.0. The van der Waals surface area contributed by atoms with Gasteiger partial charge in [-0.3, -0.25) is 4.99 Å². The Bertz CT molecular complexity index is 783. The highest BCUT2D eigenvalue weighted by atomic mass is 127. The first-order valence-electron chi connectivity index (χ1n) is 10.8. The number of hydrogen-bond donors (Lipinski definition) is 2. The van der Waals surface area contributed by atoms with E-state index in [-0.39, 0.29) is 24.0 Å². The van der Waals surface area contributed by atoms with Crippen LogP contribution in [0.5, 0.6) is 11.5 Å². The number of rotatable bonds is 9. The summed E-state index contributed by atoms with van der Waals surface area (Å²) in [6.45, 7) is 6.28. The van der Waals surface area contributed by atoms with Crippen LogP contribution in [0.25, 0.3) is 0 Å². The van der Waals surface area contributed by atoms with Gasteiger partial charge in [-0.2, -0.15) is 0 Å². The minimum absolute atomic E-state index is 0. The molecule has 8 heteroatoms. The van der Waals surface area contributed by atoms with E-state index in [4.69, 9.17) is 14.5 Å². The highest BCUT2D eigenvalue weighted by molar-refractivity contribution is 14.0. The molecule has 1 aromatic heterocycles. The van der Waals surface area contributed by atoms with Gasteiger partial charge in [-0.25, -0.2) is 4.98 Å². The fraction of sp³-hybridized carbons (Fsp3) is 0.478. The number of hydrogen-bond acceptors (Lipinski definition) is 5. The van der Waals surface area contributed by atoms with E-state index in [1.165, 1.54) is 0 Å². The number of ether oxygens (including phenoxy) is 2. The number of guanidine groups is 1. The summed E-state index contributed by atoms with van der Waals surface area (Å²) in [4.78, 5) is 11.5. The number of nitrogens with zero attached hydrogens (tertiary/aromatic N) is 3. The first-order chi connectivity index (χ1) is 14.8. The summed E-state index contributed by atoms with van der Waals surface area (Å²) < 4.78 is 11.0. The number of benzene rings is 1. The summed E-state index contributed by atoms with van der Waals surface area (Å²) in [7, 11) is 1.66. The van der Waals surface area contributed by atoms with Gasteiger partial charge in [0.15, 0.2) is 5.96 Å². The second-order valence-corrected chi connectivity index (χ2v) is 7.24. The number of aromatic nitrogens is 1. The van der Waals surface area contributed by atoms with Crippen molar-refractivity contribution in [1.82, 2.24) is 15.6 Å². The molecule has 0 amide bonds. The number of nitrogens with one attached hydrogen (secondary N) is 2. The molecule has 0 radical (unpaired) electrons. The Morgan fingerprint density at radius 2 is 1.97 bits per heavy atom. The molecule has 0 bridgehead atoms. The Kier molecular flexibility index (Phi) is 11.3. The van der Waals surface area contributed by atoms with Gasteiger partial charge in [-0.15, -0.1) is 24.0 Å². The normalized spacial score (nSPS) is 14.5. The third-order valence-electron chi connectivity index (χ3n) is 5.04. The zero-order chi connectivity index (χ0) is 21.0. The lowest BCUT2D eigenvalue weighted by atomic mass is 10.1. The third-order valence-corrected chi connectivity index (χ3v) is 5.04. The summed E-state index contributed by atoms with van der Waals surface area (Å²) >= 11 is 0. The van der Waals surface area contributed by atoms with Crippen LogP contribution in [-0.2, 0) is 0 Å². The minimum Gasteiger partial charge on any atom is -0.497 e. The van der Waals surface area contributed by atoms with Gasteiger partial charge in [-0.05, 0) is 44.0 Å². The molecule has 1 fully saturated rings. The van der Waals surface area contributed by atoms with E-state index in [2.05, 4.69) is 33.5 Å². The number of methoxy groups -OCH3 is 1. The van der Waals surface area contributed by atoms with Gasteiger partial charge in [0.05, 0.1) is 13.7 Å². The van der Waals surface area contributed by atoms with Gasteiger partial charge in [0.1, 0.15) is 17.3 Å². The van der Waals surface area contributed by atoms with E-state index in [0.717, 1.165) is 62.2 Å². The molecule has 1 aliphatic heterocycles. The van der Waals surface area contributed by atoms with E-state index in [0.29, 0.717) is 19.2 Å². The summed E-state index contributed by atoms with van der Waals surface area (Å²) in [5.41, 5.74) is 0. The van der Waals surface area contributed by atoms with Gasteiger partial charge in [-0.1, -0.05) is 12.1 Å². The molecule has 2 heterocycles. The van der Waals surface area contributed by atoms with Crippen LogP contribution in [0, 0.1) is 0 Å². The Morgan fingerprint density at radius 1 is 1.16 bits per heavy atom. The molecule has 2 N–H and O–H groups in total. The maximum Gasteiger partial charge on any atom is 0.191 e. The molecule has 1 saturated heterocycles. The molecule has 1 aliphatic rings. The van der Waals surface area contributed by atoms with Crippen molar-refractivity contribution in [2.75, 3.05) is 44.8 Å². The van der Waals surface area contributed by atoms with Crippen molar-refractivity contribution in [2.45, 2.75) is 32.2 Å². The van der Waals surface area contributed by atoms with E-state index in [9.17, 15) is 0 Å². The average Bonchev–Trinajstić information content (AvgIpc) is 2.80. The fourth-order valence-corrected chi connectivity index (χ4v) is 3.44. The Hall–Kier alpha value is -2.23. The van der Waals surface area contributed by atoms with E-state index in [1.807, 2.05) is 42.6 Å². The van der Waals surface area contributed by atoms with Crippen molar-refractivity contribution in [3.8, 4) is 11.5 Å². The third kappa shape index (κ3) is 8.43. The predicted molar refractivity (Wildman–Crippen MR) is 137 cm³/mol. The molecule has 2 aromatic rings. The predicted octanol–water partition coefficient (Wildman–Crippen LogP) is 3.70. The lowest BCUT2D eigenvalue weighted by molar-refractivity contribution is 0.311. The molecule has 0 saturated carbocycles. The van der Waals surface area contributed by atoms with E-state index < -0.39 is 0 Å². The molecule has 0 spiro atoms. The van der Waals surface area contributed by atoms with Gasteiger partial charge in [0.2, 0.25) is 0 Å². The van der Waals surface area contributed by atoms with Gasteiger partial charge in [0.25, 0.3) is 0 Å². The van der Waals surface area contributed by atoms with Crippen LogP contribution in [0.2, 0.25) is 0 Å². The lowest BCUT2D eigenvalue weighted by Gasteiger charge is -2.33. The maximum absolute atomic E-state index is 5.79. The second kappa shape index (κ2) is 14.0. The highest BCUT2D eigenvalue weighted by Crippen LogP contribution is 2.19. The van der Waals surface area contributed by atoms with Crippen molar-refractivity contribution in [3.05, 3.63) is 48.7 Å². The van der Waals surface area contributed by atoms with Crippen LogP contribution < -0.4 is 25.0 Å². The first-order valence-corrected chi connectivity index (χ1v) is 10.8. The molecule has 1 aromatic carbocycles. The number of piperidine rings is 1. The van der Waals surface area contributed by atoms with Crippen LogP contribution in [0.15, 0.2) is 53.7 Å². The van der Waals surface area contributed by atoms with Crippen molar-refractivity contribution < 1.29 is 9.47 Å². The van der Waals surface area contributed by atoms with Crippen molar-refractivity contribution in [1.29, 1.82) is 0 Å². The second-order valence-electron chi connectivity index (χ2n) is 7.24. The molecule has 7 nitrogen and oxygen atoms in total. The minimum atomic E-state index is 0. The SMILES string of the molecule is CCNC(=NCCCOc1cccc(OC)c1)NC1CCN(c2ccccn2)CC1.I. The number of aliphatic imine (C=N–C) groups is 1. The summed E-state index contributed by atoms with van der Waals surface area (Å²) in [6.07, 6.45) is 4.85. The largest absolute Gasteiger partial charge is 0.497 e. The van der Waals surface area contributed by atoms with E-state index in [1.54, 1.807) is 7.11 Å². The average molecular weight is 539 g/mol. The quantitative estimate of drug-likeness (QED) is 0.219. The summed E-state index contributed by atoms with van der Waals surface area (Å²) in [6, 6.07) is 14.2. The molecular formula is C23H34IN5O2. The van der Waals surface area contributed by atoms with Crippen LogP contribution in [0.3, 0.4) is 0 Å². The molecule has 170 valence electrons. The molecule has 3 rings (SSSR count). The monoisotopic (exact) mass is 539 g/mol. The summed E-state index contributed by atoms with van der Waals surface area (Å²) in [5, 5.41) is 6.94. The smallest absolute Gasteiger partial charge is 0.191 e. The van der Waals surface area contributed by atoms with Crippen molar-refractivity contribution in [2.24, 2.45) is 4.99 Å². The van der Waals surface area contributed by atoms with Crippen LogP contribution in [0.1, 0.15) is 26.2 Å². The van der Waals surface area contributed by atoms with Crippen LogP contribution in [-0.4, -0.2) is 56.9 Å². The topological polar surface area (TPSA) is 71.0 Å².